The second kappa shape index (κ2) is 10.7. The van der Waals surface area contributed by atoms with Crippen LogP contribution in [0.15, 0.2) is 53.2 Å². The summed E-state index contributed by atoms with van der Waals surface area (Å²) in [5.41, 5.74) is 1.28. The van der Waals surface area contributed by atoms with Crippen molar-refractivity contribution in [2.24, 2.45) is 11.8 Å². The normalized spacial score (nSPS) is 14.4. The summed E-state index contributed by atoms with van der Waals surface area (Å²) >= 11 is 0. The minimum atomic E-state index is -0.823. The van der Waals surface area contributed by atoms with Crippen LogP contribution >= 0.6 is 0 Å². The first kappa shape index (κ1) is 23.8. The van der Waals surface area contributed by atoms with E-state index >= 15 is 0 Å². The van der Waals surface area contributed by atoms with Gasteiger partial charge in [-0.25, -0.2) is 9.78 Å². The van der Waals surface area contributed by atoms with E-state index in [-0.39, 0.29) is 23.7 Å². The van der Waals surface area contributed by atoms with Gasteiger partial charge in [-0.3, -0.25) is 10.1 Å². The second-order valence-corrected chi connectivity index (χ2v) is 8.46. The van der Waals surface area contributed by atoms with Gasteiger partial charge in [-0.1, -0.05) is 48.3 Å². The Labute approximate surface area is 201 Å². The number of amides is 1. The number of aromatic nitrogens is 2. The molecule has 0 saturated heterocycles. The zero-order valence-corrected chi connectivity index (χ0v) is 19.1. The summed E-state index contributed by atoms with van der Waals surface area (Å²) in [7, 11) is 0. The summed E-state index contributed by atoms with van der Waals surface area (Å²) < 4.78 is 10.7. The van der Waals surface area contributed by atoms with Crippen LogP contribution in [0.3, 0.4) is 0 Å². The van der Waals surface area contributed by atoms with Gasteiger partial charge in [-0.2, -0.15) is 5.26 Å². The number of pyridine rings is 1. The first-order chi connectivity index (χ1) is 16.9. The van der Waals surface area contributed by atoms with E-state index in [0.717, 1.165) is 18.4 Å². The van der Waals surface area contributed by atoms with Gasteiger partial charge in [0, 0.05) is 18.3 Å². The highest BCUT2D eigenvalue weighted by Gasteiger charge is 2.29. The largest absolute Gasteiger partial charge is 0.481 e. The van der Waals surface area contributed by atoms with Gasteiger partial charge in [0.2, 0.25) is 5.69 Å². The van der Waals surface area contributed by atoms with E-state index in [2.05, 4.69) is 20.8 Å². The summed E-state index contributed by atoms with van der Waals surface area (Å²) in [5.74, 6) is -0.141. The summed E-state index contributed by atoms with van der Waals surface area (Å²) in [6.45, 7) is 2.02. The molecule has 4 rings (SSSR count). The highest BCUT2D eigenvalue weighted by Crippen LogP contribution is 2.35. The molecule has 0 spiro atoms. The van der Waals surface area contributed by atoms with Gasteiger partial charge >= 0.3 is 12.1 Å². The molecule has 1 aliphatic carbocycles. The van der Waals surface area contributed by atoms with E-state index in [1.807, 2.05) is 36.4 Å². The number of rotatable bonds is 10. The molecule has 35 heavy (non-hydrogen) atoms. The summed E-state index contributed by atoms with van der Waals surface area (Å²) in [5, 5.41) is 28.1. The van der Waals surface area contributed by atoms with E-state index < -0.39 is 24.1 Å². The van der Waals surface area contributed by atoms with Gasteiger partial charge in [-0.15, -0.1) is 0 Å². The third-order valence-electron chi connectivity index (χ3n) is 5.80. The summed E-state index contributed by atoms with van der Waals surface area (Å²) in [6.07, 6.45) is 3.06. The molecule has 2 atom stereocenters. The Morgan fingerprint density at radius 2 is 2.03 bits per heavy atom. The molecule has 2 unspecified atom stereocenters. The topological polar surface area (TPSA) is 150 Å². The van der Waals surface area contributed by atoms with Crippen molar-refractivity contribution in [1.29, 1.82) is 5.26 Å². The number of nitrogens with zero attached hydrogens (tertiary/aromatic N) is 3. The number of hydrogen-bond donors (Lipinski definition) is 3. The number of hydrogen-bond acceptors (Lipinski definition) is 8. The average Bonchev–Trinajstić information content (AvgIpc) is 3.60. The predicted octanol–water partition coefficient (Wildman–Crippen LogP) is 4.83. The molecule has 1 fully saturated rings. The van der Waals surface area contributed by atoms with Crippen molar-refractivity contribution in [2.75, 3.05) is 17.2 Å². The Bertz CT molecular complexity index is 1220. The van der Waals surface area contributed by atoms with Crippen LogP contribution in [0.1, 0.15) is 43.5 Å². The first-order valence-electron chi connectivity index (χ1n) is 11.3. The smallest absolute Gasteiger partial charge is 0.412 e. The van der Waals surface area contributed by atoms with Crippen LogP contribution in [0.4, 0.5) is 16.3 Å². The van der Waals surface area contributed by atoms with Gasteiger partial charge in [0.15, 0.2) is 5.76 Å². The third-order valence-corrected chi connectivity index (χ3v) is 5.80. The summed E-state index contributed by atoms with van der Waals surface area (Å²) in [4.78, 5) is 28.3. The van der Waals surface area contributed by atoms with E-state index in [0.29, 0.717) is 23.7 Å². The maximum Gasteiger partial charge on any atom is 0.412 e. The van der Waals surface area contributed by atoms with Crippen LogP contribution in [0.25, 0.3) is 11.3 Å². The molecule has 0 bridgehead atoms. The maximum absolute atomic E-state index is 12.5. The van der Waals surface area contributed by atoms with Crippen molar-refractivity contribution in [3.05, 3.63) is 59.9 Å². The number of nitrogens with one attached hydrogen (secondary N) is 2. The number of benzene rings is 1. The van der Waals surface area contributed by atoms with Crippen LogP contribution in [0.2, 0.25) is 0 Å². The molecule has 1 aromatic carbocycles. The van der Waals surface area contributed by atoms with Gasteiger partial charge < -0.3 is 19.7 Å². The molecule has 10 heteroatoms. The molecule has 1 aliphatic rings. The molecule has 3 aromatic rings. The lowest BCUT2D eigenvalue weighted by Crippen LogP contribution is -2.23. The van der Waals surface area contributed by atoms with Crippen molar-refractivity contribution in [2.45, 2.75) is 32.3 Å². The molecular formula is C25H25N5O5. The lowest BCUT2D eigenvalue weighted by atomic mass is 10.0. The van der Waals surface area contributed by atoms with Crippen molar-refractivity contribution in [3.8, 4) is 17.4 Å². The van der Waals surface area contributed by atoms with Gasteiger partial charge in [0.25, 0.3) is 0 Å². The molecule has 2 heterocycles. The van der Waals surface area contributed by atoms with Crippen LogP contribution in [0, 0.1) is 23.2 Å². The number of anilines is 2. The molecule has 0 aliphatic heterocycles. The molecule has 1 saturated carbocycles. The maximum atomic E-state index is 12.5. The summed E-state index contributed by atoms with van der Waals surface area (Å²) in [6, 6.07) is 14.5. The van der Waals surface area contributed by atoms with E-state index in [4.69, 9.17) is 9.26 Å². The van der Waals surface area contributed by atoms with Crippen molar-refractivity contribution in [3.63, 3.8) is 0 Å². The monoisotopic (exact) mass is 475 g/mol. The van der Waals surface area contributed by atoms with Gasteiger partial charge in [0.05, 0.1) is 5.92 Å². The number of ether oxygens (including phenoxy) is 1. The highest BCUT2D eigenvalue weighted by atomic mass is 16.6. The molecule has 2 aromatic heterocycles. The second-order valence-electron chi connectivity index (χ2n) is 8.46. The minimum Gasteiger partial charge on any atom is -0.481 e. The Kier molecular flexibility index (Phi) is 7.26. The standard InChI is InChI=1S/C25H25N5O5/c1-15(17-5-3-2-4-6-17)34-25(33)29-22-20(12-26)30-35-23(22)18-9-10-21(27-13-18)28-14-19(24(31)32)11-16-7-8-16/h2-6,9-10,13,15-16,19H,7-8,11,14H2,1H3,(H,27,28)(H,29,33)(H,31,32). The fourth-order valence-corrected chi connectivity index (χ4v) is 3.65. The van der Waals surface area contributed by atoms with Crippen LogP contribution in [-0.2, 0) is 9.53 Å². The number of carboxylic acids is 1. The molecule has 0 radical (unpaired) electrons. The Balaban J connectivity index is 1.42. The van der Waals surface area contributed by atoms with Crippen molar-refractivity contribution in [1.82, 2.24) is 10.1 Å². The third kappa shape index (κ3) is 6.14. The van der Waals surface area contributed by atoms with Crippen LogP contribution < -0.4 is 10.6 Å². The zero-order chi connectivity index (χ0) is 24.8. The zero-order valence-electron chi connectivity index (χ0n) is 19.1. The van der Waals surface area contributed by atoms with Crippen molar-refractivity contribution < 1.29 is 24.0 Å². The van der Waals surface area contributed by atoms with Gasteiger partial charge in [-0.05, 0) is 37.0 Å². The number of carboxylic acid groups (broad SMARTS) is 1. The Morgan fingerprint density at radius 1 is 1.26 bits per heavy atom. The number of carbonyl (C=O) groups is 2. The highest BCUT2D eigenvalue weighted by molar-refractivity contribution is 5.91. The van der Waals surface area contributed by atoms with E-state index in [1.165, 1.54) is 6.20 Å². The van der Waals surface area contributed by atoms with E-state index in [9.17, 15) is 20.0 Å². The molecule has 10 nitrogen and oxygen atoms in total. The van der Waals surface area contributed by atoms with Crippen LogP contribution in [-0.4, -0.2) is 33.9 Å². The Morgan fingerprint density at radius 3 is 2.66 bits per heavy atom. The predicted molar refractivity (Wildman–Crippen MR) is 126 cm³/mol. The minimum absolute atomic E-state index is 0.0793. The average molecular weight is 476 g/mol. The van der Waals surface area contributed by atoms with E-state index in [1.54, 1.807) is 19.1 Å². The SMILES string of the molecule is CC(OC(=O)Nc1c(C#N)noc1-c1ccc(NCC(CC2CC2)C(=O)O)nc1)c1ccccc1. The lowest BCUT2D eigenvalue weighted by molar-refractivity contribution is -0.141. The number of carbonyl (C=O) groups excluding carboxylic acids is 1. The Hall–Kier alpha value is -4.39. The van der Waals surface area contributed by atoms with Crippen LogP contribution in [0.5, 0.6) is 0 Å². The molecular weight excluding hydrogens is 450 g/mol. The fraction of sp³-hybridized carbons (Fsp3) is 0.320. The lowest BCUT2D eigenvalue weighted by Gasteiger charge is -2.14. The first-order valence-corrected chi connectivity index (χ1v) is 11.3. The molecule has 1 amide bonds. The molecule has 3 N–H and O–H groups in total. The molecule has 180 valence electrons. The van der Waals surface area contributed by atoms with Gasteiger partial charge in [0.1, 0.15) is 23.7 Å². The fourth-order valence-electron chi connectivity index (χ4n) is 3.65. The number of nitriles is 1. The quantitative estimate of drug-likeness (QED) is 0.374. The van der Waals surface area contributed by atoms with Crippen molar-refractivity contribution >= 4 is 23.6 Å². The number of aliphatic carboxylic acids is 1.